The molecule has 0 radical (unpaired) electrons. The van der Waals surface area contributed by atoms with Crippen LogP contribution in [0.4, 0.5) is 0 Å². The van der Waals surface area contributed by atoms with Crippen molar-refractivity contribution >= 4 is 46.0 Å². The zero-order valence-electron chi connectivity index (χ0n) is 8.11. The van der Waals surface area contributed by atoms with Crippen LogP contribution in [0, 0.1) is 0 Å². The number of ether oxygens (including phenoxy) is 2. The maximum atomic E-state index is 5.53. The lowest BCUT2D eigenvalue weighted by atomic mass is 10.2. The fourth-order valence-electron chi connectivity index (χ4n) is 1.27. The molecule has 1 rings (SSSR count). The summed E-state index contributed by atoms with van der Waals surface area (Å²) in [5.74, 6) is 0. The van der Waals surface area contributed by atoms with Crippen LogP contribution in [0.5, 0.6) is 0 Å². The third-order valence-corrected chi connectivity index (χ3v) is 3.26. The maximum Gasteiger partial charge on any atom is 0.128 e. The summed E-state index contributed by atoms with van der Waals surface area (Å²) in [5, 5.41) is 0. The molecule has 1 aliphatic heterocycles. The van der Waals surface area contributed by atoms with Crippen molar-refractivity contribution in [2.75, 3.05) is 13.2 Å². The van der Waals surface area contributed by atoms with Crippen molar-refractivity contribution in [3.63, 3.8) is 0 Å². The maximum absolute atomic E-state index is 5.53. The summed E-state index contributed by atoms with van der Waals surface area (Å²) in [4.78, 5) is 0. The molecule has 3 unspecified atom stereocenters. The van der Waals surface area contributed by atoms with E-state index in [1.165, 1.54) is 0 Å². The van der Waals surface area contributed by atoms with Gasteiger partial charge in [0.25, 0.3) is 0 Å². The van der Waals surface area contributed by atoms with Gasteiger partial charge >= 0.3 is 0 Å². The lowest BCUT2D eigenvalue weighted by molar-refractivity contribution is -0.0298. The number of hydrogen-bond acceptors (Lipinski definition) is 4. The van der Waals surface area contributed by atoms with Crippen LogP contribution in [0.15, 0.2) is 0 Å². The molecular formula is C8H14I2O4. The summed E-state index contributed by atoms with van der Waals surface area (Å²) < 4.78 is 21.5. The summed E-state index contributed by atoms with van der Waals surface area (Å²) in [6.45, 7) is 5.13. The molecule has 1 heterocycles. The molecular weight excluding hydrogens is 414 g/mol. The standard InChI is InChI=1S/C8H14I2O4/c1-5(2)11-3-6-8(14-10)7(13-9)4-12-6/h5-8H,3-4H2,1-2H3. The van der Waals surface area contributed by atoms with Crippen LogP contribution in [0.2, 0.25) is 0 Å². The molecule has 0 aliphatic carbocycles. The summed E-state index contributed by atoms with van der Waals surface area (Å²) in [5.41, 5.74) is 0. The van der Waals surface area contributed by atoms with Crippen LogP contribution in [0.3, 0.4) is 0 Å². The Morgan fingerprint density at radius 3 is 2.57 bits per heavy atom. The molecule has 1 saturated heterocycles. The van der Waals surface area contributed by atoms with E-state index >= 15 is 0 Å². The fourth-order valence-corrected chi connectivity index (χ4v) is 2.36. The summed E-state index contributed by atoms with van der Waals surface area (Å²) in [7, 11) is 0. The first-order valence-corrected chi connectivity index (χ1v) is 6.23. The van der Waals surface area contributed by atoms with E-state index in [4.69, 9.17) is 15.6 Å². The van der Waals surface area contributed by atoms with Gasteiger partial charge in [-0.3, -0.25) is 0 Å². The second-order valence-electron chi connectivity index (χ2n) is 3.44. The third-order valence-electron chi connectivity index (χ3n) is 2.02. The topological polar surface area (TPSA) is 36.9 Å². The Morgan fingerprint density at radius 2 is 2.07 bits per heavy atom. The highest BCUT2D eigenvalue weighted by molar-refractivity contribution is 14.1. The smallest absolute Gasteiger partial charge is 0.128 e. The van der Waals surface area contributed by atoms with Crippen molar-refractivity contribution in [1.82, 2.24) is 0 Å². The van der Waals surface area contributed by atoms with Gasteiger partial charge in [0.05, 0.1) is 19.3 Å². The Labute approximate surface area is 112 Å². The molecule has 0 spiro atoms. The first-order chi connectivity index (χ1) is 6.69. The highest BCUT2D eigenvalue weighted by atomic mass is 127. The zero-order valence-corrected chi connectivity index (χ0v) is 12.4. The van der Waals surface area contributed by atoms with Crippen LogP contribution in [0.25, 0.3) is 0 Å². The van der Waals surface area contributed by atoms with Gasteiger partial charge in [0.2, 0.25) is 0 Å². The Hall–Kier alpha value is 1.30. The fraction of sp³-hybridized carbons (Fsp3) is 1.00. The van der Waals surface area contributed by atoms with Gasteiger partial charge in [-0.2, -0.15) is 0 Å². The van der Waals surface area contributed by atoms with Crippen LogP contribution < -0.4 is 0 Å². The Balaban J connectivity index is 2.37. The molecule has 1 fully saturated rings. The lowest BCUT2D eigenvalue weighted by Crippen LogP contribution is -2.34. The SMILES string of the molecule is CC(C)OCC1OCC(OI)C1OI. The van der Waals surface area contributed by atoms with E-state index in [-0.39, 0.29) is 24.4 Å². The molecule has 14 heavy (non-hydrogen) atoms. The second kappa shape index (κ2) is 6.79. The molecule has 0 aromatic heterocycles. The molecule has 4 nitrogen and oxygen atoms in total. The van der Waals surface area contributed by atoms with Crippen LogP contribution >= 0.6 is 46.0 Å². The molecule has 84 valence electrons. The summed E-state index contributed by atoms with van der Waals surface area (Å²) in [6.07, 6.45) is 0.168. The minimum Gasteiger partial charge on any atom is -0.376 e. The van der Waals surface area contributed by atoms with E-state index < -0.39 is 0 Å². The Bertz CT molecular complexity index is 167. The second-order valence-corrected chi connectivity index (χ2v) is 4.45. The van der Waals surface area contributed by atoms with Crippen LogP contribution in [0.1, 0.15) is 13.8 Å². The summed E-state index contributed by atoms with van der Waals surface area (Å²) in [6, 6.07) is 0. The van der Waals surface area contributed by atoms with Crippen molar-refractivity contribution in [2.24, 2.45) is 0 Å². The highest BCUT2D eigenvalue weighted by Gasteiger charge is 2.39. The monoisotopic (exact) mass is 428 g/mol. The van der Waals surface area contributed by atoms with Gasteiger partial charge in [0, 0.05) is 0 Å². The lowest BCUT2D eigenvalue weighted by Gasteiger charge is -2.19. The third kappa shape index (κ3) is 3.71. The predicted octanol–water partition coefficient (Wildman–Crippen LogP) is 2.28. The first-order valence-electron chi connectivity index (χ1n) is 4.47. The van der Waals surface area contributed by atoms with E-state index in [1.54, 1.807) is 0 Å². The van der Waals surface area contributed by atoms with E-state index in [0.717, 1.165) is 0 Å². The van der Waals surface area contributed by atoms with Gasteiger partial charge in [-0.15, -0.1) is 0 Å². The molecule has 6 heteroatoms. The molecule has 1 aliphatic rings. The van der Waals surface area contributed by atoms with E-state index in [9.17, 15) is 0 Å². The van der Waals surface area contributed by atoms with Gasteiger partial charge in [-0.1, -0.05) is 0 Å². The minimum atomic E-state index is -0.0359. The van der Waals surface area contributed by atoms with Crippen molar-refractivity contribution in [3.05, 3.63) is 0 Å². The molecule has 3 atom stereocenters. The predicted molar refractivity (Wildman–Crippen MR) is 68.6 cm³/mol. The van der Waals surface area contributed by atoms with Crippen LogP contribution in [-0.4, -0.2) is 37.6 Å². The largest absolute Gasteiger partial charge is 0.376 e. The Kier molecular flexibility index (Phi) is 6.48. The number of halogens is 2. The molecule has 0 bridgehead atoms. The van der Waals surface area contributed by atoms with Crippen molar-refractivity contribution in [1.29, 1.82) is 0 Å². The quantitative estimate of drug-likeness (QED) is 0.631. The van der Waals surface area contributed by atoms with Crippen molar-refractivity contribution in [3.8, 4) is 0 Å². The van der Waals surface area contributed by atoms with Gasteiger partial charge in [-0.05, 0) is 13.8 Å². The molecule has 0 N–H and O–H groups in total. The highest BCUT2D eigenvalue weighted by Crippen LogP contribution is 2.24. The summed E-state index contributed by atoms with van der Waals surface area (Å²) >= 11 is 3.76. The van der Waals surface area contributed by atoms with Gasteiger partial charge in [0.15, 0.2) is 0 Å². The molecule has 0 saturated carbocycles. The van der Waals surface area contributed by atoms with E-state index in [1.807, 2.05) is 59.9 Å². The number of hydrogen-bond donors (Lipinski definition) is 0. The number of rotatable bonds is 5. The molecule has 0 aromatic carbocycles. The van der Waals surface area contributed by atoms with Crippen molar-refractivity contribution in [2.45, 2.75) is 38.3 Å². The minimum absolute atomic E-state index is 0.00765. The van der Waals surface area contributed by atoms with Gasteiger partial charge in [0.1, 0.15) is 64.3 Å². The molecule has 0 amide bonds. The molecule has 0 aromatic rings. The zero-order chi connectivity index (χ0) is 10.6. The Morgan fingerprint density at radius 1 is 1.36 bits per heavy atom. The van der Waals surface area contributed by atoms with Crippen LogP contribution in [-0.2, 0) is 15.6 Å². The average molecular weight is 428 g/mol. The normalized spacial score (nSPS) is 32.8. The van der Waals surface area contributed by atoms with E-state index in [2.05, 4.69) is 0 Å². The first kappa shape index (κ1) is 13.4. The average Bonchev–Trinajstić information content (AvgIpc) is 2.56. The van der Waals surface area contributed by atoms with Gasteiger partial charge < -0.3 is 15.6 Å². The van der Waals surface area contributed by atoms with E-state index in [0.29, 0.717) is 13.2 Å². The van der Waals surface area contributed by atoms with Gasteiger partial charge in [-0.25, -0.2) is 0 Å². The van der Waals surface area contributed by atoms with Crippen molar-refractivity contribution < 1.29 is 15.6 Å².